The zero-order valence-electron chi connectivity index (χ0n) is 18.1. The number of hydrogen-bond acceptors (Lipinski definition) is 4. The molecule has 7 heteroatoms. The normalized spacial score (nSPS) is 11.2. The fourth-order valence-electron chi connectivity index (χ4n) is 3.51. The molecular weight excluding hydrogens is 436 g/mol. The van der Waals surface area contributed by atoms with E-state index in [0.717, 1.165) is 16.3 Å². The van der Waals surface area contributed by atoms with Gasteiger partial charge in [0.15, 0.2) is 6.61 Å². The molecule has 4 rings (SSSR count). The Balaban J connectivity index is 1.36. The van der Waals surface area contributed by atoms with E-state index >= 15 is 0 Å². The predicted octanol–water partition coefficient (Wildman–Crippen LogP) is 4.64. The third kappa shape index (κ3) is 5.51. The molecule has 0 radical (unpaired) electrons. The van der Waals surface area contributed by atoms with Crippen molar-refractivity contribution in [3.8, 4) is 5.75 Å². The first-order chi connectivity index (χ1) is 15.9. The summed E-state index contributed by atoms with van der Waals surface area (Å²) in [5, 5.41) is 5.09. The van der Waals surface area contributed by atoms with Gasteiger partial charge < -0.3 is 10.1 Å². The molecule has 2 N–H and O–H groups in total. The van der Waals surface area contributed by atoms with Crippen molar-refractivity contribution >= 4 is 32.4 Å². The van der Waals surface area contributed by atoms with Gasteiger partial charge in [0.1, 0.15) is 5.75 Å². The molecule has 0 aliphatic rings. The molecule has 0 aromatic heterocycles. The average Bonchev–Trinajstić information content (AvgIpc) is 2.82. The van der Waals surface area contributed by atoms with Crippen LogP contribution in [0, 0.1) is 6.92 Å². The van der Waals surface area contributed by atoms with Gasteiger partial charge in [0.05, 0.1) is 4.90 Å². The van der Waals surface area contributed by atoms with Gasteiger partial charge in [-0.2, -0.15) is 0 Å². The summed E-state index contributed by atoms with van der Waals surface area (Å²) in [4.78, 5) is 12.4. The van der Waals surface area contributed by atoms with Crippen LogP contribution in [-0.2, 0) is 21.4 Å². The highest BCUT2D eigenvalue weighted by Crippen LogP contribution is 2.24. The van der Waals surface area contributed by atoms with Crippen LogP contribution < -0.4 is 14.8 Å². The quantitative estimate of drug-likeness (QED) is 0.401. The van der Waals surface area contributed by atoms with E-state index in [4.69, 9.17) is 4.74 Å². The number of carbonyl (C=O) groups is 1. The SMILES string of the molecule is Cc1cc(S(=O)(=O)Nc2ccccc2)ccc1OCC(=O)NCc1cccc2ccccc12. The second-order valence-corrected chi connectivity index (χ2v) is 9.28. The third-order valence-corrected chi connectivity index (χ3v) is 6.58. The Hall–Kier alpha value is -3.84. The molecule has 33 heavy (non-hydrogen) atoms. The van der Waals surface area contributed by atoms with Crippen molar-refractivity contribution in [2.75, 3.05) is 11.3 Å². The van der Waals surface area contributed by atoms with Crippen molar-refractivity contribution in [2.24, 2.45) is 0 Å². The Bertz CT molecular complexity index is 1380. The van der Waals surface area contributed by atoms with Crippen LogP contribution in [0.1, 0.15) is 11.1 Å². The van der Waals surface area contributed by atoms with Gasteiger partial charge in [-0.05, 0) is 59.2 Å². The van der Waals surface area contributed by atoms with Crippen molar-refractivity contribution in [1.82, 2.24) is 5.32 Å². The first-order valence-electron chi connectivity index (χ1n) is 10.5. The fraction of sp³-hybridized carbons (Fsp3) is 0.115. The summed E-state index contributed by atoms with van der Waals surface area (Å²) in [7, 11) is -3.73. The maximum Gasteiger partial charge on any atom is 0.261 e. The minimum Gasteiger partial charge on any atom is -0.484 e. The van der Waals surface area contributed by atoms with E-state index in [1.165, 1.54) is 12.1 Å². The van der Waals surface area contributed by atoms with E-state index in [1.54, 1.807) is 37.3 Å². The summed E-state index contributed by atoms with van der Waals surface area (Å²) in [5.41, 5.74) is 2.13. The van der Waals surface area contributed by atoms with Gasteiger partial charge >= 0.3 is 0 Å². The van der Waals surface area contributed by atoms with Gasteiger partial charge in [-0.3, -0.25) is 9.52 Å². The van der Waals surface area contributed by atoms with Crippen LogP contribution in [0.3, 0.4) is 0 Å². The van der Waals surface area contributed by atoms with Gasteiger partial charge in [-0.1, -0.05) is 60.7 Å². The number of hydrogen-bond donors (Lipinski definition) is 2. The molecule has 1 amide bonds. The van der Waals surface area contributed by atoms with E-state index in [-0.39, 0.29) is 17.4 Å². The third-order valence-electron chi connectivity index (χ3n) is 5.20. The lowest BCUT2D eigenvalue weighted by molar-refractivity contribution is -0.123. The van der Waals surface area contributed by atoms with Crippen LogP contribution in [0.15, 0.2) is 95.9 Å². The summed E-state index contributed by atoms with van der Waals surface area (Å²) in [5.74, 6) is 0.193. The highest BCUT2D eigenvalue weighted by Gasteiger charge is 2.16. The molecule has 6 nitrogen and oxygen atoms in total. The molecule has 0 saturated heterocycles. The zero-order valence-corrected chi connectivity index (χ0v) is 18.9. The second-order valence-electron chi connectivity index (χ2n) is 7.60. The summed E-state index contributed by atoms with van der Waals surface area (Å²) in [6.45, 7) is 1.97. The molecule has 4 aromatic rings. The molecule has 0 fully saturated rings. The Morgan fingerprint density at radius 1 is 0.879 bits per heavy atom. The van der Waals surface area contributed by atoms with E-state index in [0.29, 0.717) is 23.5 Å². The summed E-state index contributed by atoms with van der Waals surface area (Å²) < 4.78 is 33.4. The number of carbonyl (C=O) groups excluding carboxylic acids is 1. The lowest BCUT2D eigenvalue weighted by Crippen LogP contribution is -2.28. The van der Waals surface area contributed by atoms with Crippen LogP contribution in [-0.4, -0.2) is 20.9 Å². The second kappa shape index (κ2) is 9.75. The molecule has 4 aromatic carbocycles. The zero-order chi connectivity index (χ0) is 23.3. The monoisotopic (exact) mass is 460 g/mol. The van der Waals surface area contributed by atoms with Gasteiger partial charge in [-0.25, -0.2) is 8.42 Å². The van der Waals surface area contributed by atoms with Gasteiger partial charge in [0.25, 0.3) is 15.9 Å². The smallest absolute Gasteiger partial charge is 0.261 e. The first kappa shape index (κ1) is 22.4. The number of sulfonamides is 1. The molecular formula is C26H24N2O4S. The summed E-state index contributed by atoms with van der Waals surface area (Å²) in [6.07, 6.45) is 0. The Kier molecular flexibility index (Phi) is 6.60. The lowest BCUT2D eigenvalue weighted by Gasteiger charge is -2.13. The summed E-state index contributed by atoms with van der Waals surface area (Å²) in [6, 6.07) is 27.2. The fourth-order valence-corrected chi connectivity index (χ4v) is 4.65. The molecule has 168 valence electrons. The molecule has 0 bridgehead atoms. The maximum absolute atomic E-state index is 12.6. The van der Waals surface area contributed by atoms with E-state index in [1.807, 2.05) is 48.5 Å². The molecule has 0 atom stereocenters. The maximum atomic E-state index is 12.6. The highest BCUT2D eigenvalue weighted by atomic mass is 32.2. The number of aryl methyl sites for hydroxylation is 1. The van der Waals surface area contributed by atoms with Gasteiger partial charge in [0, 0.05) is 12.2 Å². The summed E-state index contributed by atoms with van der Waals surface area (Å²) >= 11 is 0. The molecule has 0 unspecified atom stereocenters. The first-order valence-corrected chi connectivity index (χ1v) is 12.0. The van der Waals surface area contributed by atoms with Gasteiger partial charge in [-0.15, -0.1) is 0 Å². The van der Waals surface area contributed by atoms with Crippen LogP contribution in [0.4, 0.5) is 5.69 Å². The number of amides is 1. The van der Waals surface area contributed by atoms with Gasteiger partial charge in [0.2, 0.25) is 0 Å². The minimum atomic E-state index is -3.73. The largest absolute Gasteiger partial charge is 0.484 e. The average molecular weight is 461 g/mol. The minimum absolute atomic E-state index is 0.122. The van der Waals surface area contributed by atoms with Crippen LogP contribution >= 0.6 is 0 Å². The van der Waals surface area contributed by atoms with E-state index in [2.05, 4.69) is 10.0 Å². The Morgan fingerprint density at radius 3 is 2.39 bits per heavy atom. The highest BCUT2D eigenvalue weighted by molar-refractivity contribution is 7.92. The number of ether oxygens (including phenoxy) is 1. The number of nitrogens with one attached hydrogen (secondary N) is 2. The van der Waals surface area contributed by atoms with Crippen LogP contribution in [0.2, 0.25) is 0 Å². The molecule has 0 saturated carbocycles. The van der Waals surface area contributed by atoms with E-state index < -0.39 is 10.0 Å². The standard InChI is InChI=1S/C26H24N2O4S/c1-19-16-23(33(30,31)28-22-11-3-2-4-12-22)14-15-25(19)32-18-26(29)27-17-21-10-7-9-20-8-5-6-13-24(20)21/h2-16,28H,17-18H2,1H3,(H,27,29). The number of para-hydroxylation sites is 1. The van der Waals surface area contributed by atoms with Crippen molar-refractivity contribution in [3.63, 3.8) is 0 Å². The lowest BCUT2D eigenvalue weighted by atomic mass is 10.0. The molecule has 0 heterocycles. The van der Waals surface area contributed by atoms with Crippen molar-refractivity contribution in [3.05, 3.63) is 102 Å². The van der Waals surface area contributed by atoms with Crippen LogP contribution in [0.25, 0.3) is 10.8 Å². The van der Waals surface area contributed by atoms with Crippen molar-refractivity contribution < 1.29 is 17.9 Å². The molecule has 0 spiro atoms. The number of anilines is 1. The van der Waals surface area contributed by atoms with Crippen LogP contribution in [0.5, 0.6) is 5.75 Å². The van der Waals surface area contributed by atoms with Crippen molar-refractivity contribution in [1.29, 1.82) is 0 Å². The molecule has 0 aliphatic heterocycles. The number of benzene rings is 4. The Morgan fingerprint density at radius 2 is 1.61 bits per heavy atom. The van der Waals surface area contributed by atoms with Crippen molar-refractivity contribution in [2.45, 2.75) is 18.4 Å². The topological polar surface area (TPSA) is 84.5 Å². The predicted molar refractivity (Wildman–Crippen MR) is 130 cm³/mol. The number of fused-ring (bicyclic) bond motifs is 1. The molecule has 0 aliphatic carbocycles. The van der Waals surface area contributed by atoms with E-state index in [9.17, 15) is 13.2 Å². The Labute approximate surface area is 193 Å². The number of rotatable bonds is 8.